The number of hydrogen-bond acceptors (Lipinski definition) is 13. The van der Waals surface area contributed by atoms with Gasteiger partial charge in [0.25, 0.3) is 0 Å². The van der Waals surface area contributed by atoms with Crippen molar-refractivity contribution in [2.75, 3.05) is 31.5 Å². The van der Waals surface area contributed by atoms with E-state index in [4.69, 9.17) is 15.0 Å². The van der Waals surface area contributed by atoms with Crippen LogP contribution in [0.1, 0.15) is 5.56 Å². The Labute approximate surface area is 322 Å². The van der Waals surface area contributed by atoms with E-state index in [0.29, 0.717) is 46.4 Å². The number of para-hydroxylation sites is 5. The van der Waals surface area contributed by atoms with E-state index in [1.54, 1.807) is 12.1 Å². The predicted octanol–water partition coefficient (Wildman–Crippen LogP) is 10.1. The molecule has 270 valence electrons. The molecule has 0 radical (unpaired) electrons. The third-order valence-corrected chi connectivity index (χ3v) is 8.21. The van der Waals surface area contributed by atoms with Crippen LogP contribution in [0.3, 0.4) is 0 Å². The number of anilines is 13. The first-order valence-corrected chi connectivity index (χ1v) is 17.6. The summed E-state index contributed by atoms with van der Waals surface area (Å²) in [5.41, 5.74) is 5.42. The van der Waals surface area contributed by atoms with Crippen LogP contribution in [-0.2, 0) is 0 Å². The second kappa shape index (κ2) is 16.5. The normalized spacial score (nSPS) is 10.5. The molecular formula is C43H33N13. The van der Waals surface area contributed by atoms with Crippen LogP contribution >= 0.6 is 0 Å². The van der Waals surface area contributed by atoms with Crippen LogP contribution in [0.2, 0.25) is 0 Å². The van der Waals surface area contributed by atoms with Crippen LogP contribution in [0.15, 0.2) is 170 Å². The maximum atomic E-state index is 10.5. The second-order valence-electron chi connectivity index (χ2n) is 12.2. The number of benzene rings is 6. The molecule has 0 fully saturated rings. The first kappa shape index (κ1) is 34.7. The highest BCUT2D eigenvalue weighted by atomic mass is 15.3. The van der Waals surface area contributed by atoms with Crippen LogP contribution in [0.5, 0.6) is 0 Å². The quantitative estimate of drug-likeness (QED) is 0.0761. The molecule has 0 saturated heterocycles. The van der Waals surface area contributed by atoms with Gasteiger partial charge in [0, 0.05) is 34.1 Å². The molecule has 13 nitrogen and oxygen atoms in total. The highest BCUT2D eigenvalue weighted by Gasteiger charge is 2.22. The molecule has 0 unspecified atom stereocenters. The minimum absolute atomic E-state index is 0.264. The van der Waals surface area contributed by atoms with Crippen molar-refractivity contribution >= 4 is 75.5 Å². The predicted molar refractivity (Wildman–Crippen MR) is 221 cm³/mol. The fourth-order valence-corrected chi connectivity index (χ4v) is 5.68. The SMILES string of the molecule is N#Cc1ccc(Nc2nc(Nc3ccccc3)nc(Nc3ccccc3)n2)cc1N(c1ccccc1)c1nc(Nc2ccccc2)nc(Nc2ccccc2)n1. The van der Waals surface area contributed by atoms with Crippen LogP contribution in [0, 0.1) is 11.3 Å². The Kier molecular flexibility index (Phi) is 10.2. The van der Waals surface area contributed by atoms with E-state index in [9.17, 15) is 5.26 Å². The second-order valence-corrected chi connectivity index (χ2v) is 12.2. The van der Waals surface area contributed by atoms with E-state index >= 15 is 0 Å². The largest absolute Gasteiger partial charge is 0.324 e. The molecule has 8 aromatic rings. The molecule has 6 aromatic carbocycles. The summed E-state index contributed by atoms with van der Waals surface area (Å²) >= 11 is 0. The van der Waals surface area contributed by atoms with Gasteiger partial charge in [-0.15, -0.1) is 0 Å². The van der Waals surface area contributed by atoms with Crippen LogP contribution in [0.25, 0.3) is 0 Å². The smallest absolute Gasteiger partial charge is 0.241 e. The van der Waals surface area contributed by atoms with E-state index in [1.165, 1.54) is 0 Å². The zero-order valence-electron chi connectivity index (χ0n) is 29.7. The van der Waals surface area contributed by atoms with Gasteiger partial charge in [-0.1, -0.05) is 91.0 Å². The van der Waals surface area contributed by atoms with Crippen LogP contribution < -0.4 is 31.5 Å². The van der Waals surface area contributed by atoms with Crippen molar-refractivity contribution in [3.8, 4) is 6.07 Å². The lowest BCUT2D eigenvalue weighted by Crippen LogP contribution is -2.17. The molecule has 2 heterocycles. The number of hydrogen-bond donors (Lipinski definition) is 5. The zero-order chi connectivity index (χ0) is 37.9. The van der Waals surface area contributed by atoms with Gasteiger partial charge in [0.05, 0.1) is 11.3 Å². The lowest BCUT2D eigenvalue weighted by atomic mass is 10.1. The lowest BCUT2D eigenvalue weighted by molar-refractivity contribution is 1.02. The summed E-state index contributed by atoms with van der Waals surface area (Å²) in [4.78, 5) is 30.3. The molecule has 0 aliphatic rings. The van der Waals surface area contributed by atoms with Gasteiger partial charge in [0.15, 0.2) is 0 Å². The molecule has 0 bridgehead atoms. The topological polar surface area (TPSA) is 165 Å². The van der Waals surface area contributed by atoms with Crippen molar-refractivity contribution in [2.24, 2.45) is 0 Å². The lowest BCUT2D eigenvalue weighted by Gasteiger charge is -2.25. The first-order chi connectivity index (χ1) is 27.6. The van der Waals surface area contributed by atoms with Crippen molar-refractivity contribution in [1.82, 2.24) is 29.9 Å². The van der Waals surface area contributed by atoms with E-state index in [1.807, 2.05) is 163 Å². The molecule has 0 saturated carbocycles. The molecule has 8 rings (SSSR count). The number of nitrogens with zero attached hydrogens (tertiary/aromatic N) is 8. The maximum Gasteiger partial charge on any atom is 0.241 e. The Morgan fingerprint density at radius 3 is 1.09 bits per heavy atom. The van der Waals surface area contributed by atoms with Crippen molar-refractivity contribution in [2.45, 2.75) is 0 Å². The molecule has 0 aliphatic heterocycles. The van der Waals surface area contributed by atoms with E-state index < -0.39 is 0 Å². The van der Waals surface area contributed by atoms with Gasteiger partial charge < -0.3 is 26.6 Å². The molecule has 13 heteroatoms. The average Bonchev–Trinajstić information content (AvgIpc) is 3.23. The average molecular weight is 732 g/mol. The molecular weight excluding hydrogens is 699 g/mol. The van der Waals surface area contributed by atoms with Gasteiger partial charge in [-0.05, 0) is 78.9 Å². The number of rotatable bonds is 13. The summed E-state index contributed by atoms with van der Waals surface area (Å²) in [6.07, 6.45) is 0. The maximum absolute atomic E-state index is 10.5. The summed E-state index contributed by atoms with van der Waals surface area (Å²) in [6.45, 7) is 0. The monoisotopic (exact) mass is 731 g/mol. The standard InChI is InChI=1S/C43H33N13/c44-29-30-26-27-35(49-40-51-38(45-31-16-6-1-7-17-31)50-39(52-40)46-32-18-8-2-9-19-32)28-37(30)56(36-24-14-5-15-25-36)43-54-41(47-33-20-10-3-11-21-33)53-42(55-43)48-34-22-12-4-13-23-34/h1-28H,(H2,47,48,53,54,55)(H3,45,46,49,50,51,52). The summed E-state index contributed by atoms with van der Waals surface area (Å²) < 4.78 is 0. The van der Waals surface area contributed by atoms with Crippen LogP contribution in [0.4, 0.5) is 75.5 Å². The summed E-state index contributed by atoms with van der Waals surface area (Å²) in [6, 6.07) is 55.9. The van der Waals surface area contributed by atoms with Crippen molar-refractivity contribution < 1.29 is 0 Å². The molecule has 0 amide bonds. The summed E-state index contributed by atoms with van der Waals surface area (Å²) in [5, 5.41) is 26.9. The zero-order valence-corrected chi connectivity index (χ0v) is 29.7. The molecule has 0 spiro atoms. The van der Waals surface area contributed by atoms with Crippen LogP contribution in [-0.4, -0.2) is 29.9 Å². The molecule has 2 aromatic heterocycles. The minimum atomic E-state index is 0.264. The van der Waals surface area contributed by atoms with Crippen molar-refractivity contribution in [1.29, 1.82) is 5.26 Å². The van der Waals surface area contributed by atoms with Gasteiger partial charge in [-0.3, -0.25) is 4.90 Å². The van der Waals surface area contributed by atoms with Crippen molar-refractivity contribution in [3.05, 3.63) is 175 Å². The highest BCUT2D eigenvalue weighted by molar-refractivity contribution is 5.81. The van der Waals surface area contributed by atoms with E-state index in [2.05, 4.69) is 47.6 Å². The first-order valence-electron chi connectivity index (χ1n) is 17.6. The minimum Gasteiger partial charge on any atom is -0.324 e. The summed E-state index contributed by atoms with van der Waals surface area (Å²) in [7, 11) is 0. The fraction of sp³-hybridized carbons (Fsp3) is 0. The molecule has 0 atom stereocenters. The van der Waals surface area contributed by atoms with E-state index in [-0.39, 0.29) is 11.9 Å². The molecule has 56 heavy (non-hydrogen) atoms. The van der Waals surface area contributed by atoms with Gasteiger partial charge >= 0.3 is 0 Å². The van der Waals surface area contributed by atoms with E-state index in [0.717, 1.165) is 22.7 Å². The van der Waals surface area contributed by atoms with Gasteiger partial charge in [0.2, 0.25) is 35.7 Å². The Morgan fingerprint density at radius 1 is 0.375 bits per heavy atom. The summed E-state index contributed by atoms with van der Waals surface area (Å²) in [5.74, 6) is 1.79. The molecule has 0 aliphatic carbocycles. The van der Waals surface area contributed by atoms with Gasteiger partial charge in [0.1, 0.15) is 6.07 Å². The Hall–Kier alpha value is -8.37. The van der Waals surface area contributed by atoms with Crippen molar-refractivity contribution in [3.63, 3.8) is 0 Å². The van der Waals surface area contributed by atoms with Gasteiger partial charge in [-0.25, -0.2) is 0 Å². The molecule has 5 N–H and O–H groups in total. The Bertz CT molecular complexity index is 2450. The highest BCUT2D eigenvalue weighted by Crippen LogP contribution is 2.37. The Morgan fingerprint density at radius 2 is 0.714 bits per heavy atom. The Balaban J connectivity index is 1.21. The van der Waals surface area contributed by atoms with Gasteiger partial charge in [-0.2, -0.15) is 35.2 Å². The fourth-order valence-electron chi connectivity index (χ4n) is 5.68. The number of nitriles is 1. The third kappa shape index (κ3) is 8.63. The third-order valence-electron chi connectivity index (χ3n) is 8.21. The number of nitrogens with one attached hydrogen (secondary N) is 5. The number of aromatic nitrogens is 6.